The molecule has 8 heteroatoms. The smallest absolute Gasteiger partial charge is 0.257 e. The molecule has 0 radical (unpaired) electrons. The lowest BCUT2D eigenvalue weighted by molar-refractivity contribution is 0.00587. The Morgan fingerprint density at radius 1 is 0.967 bits per heavy atom. The molecule has 0 unspecified atom stereocenters. The van der Waals surface area contributed by atoms with Gasteiger partial charge in [-0.2, -0.15) is 5.10 Å². The van der Waals surface area contributed by atoms with Gasteiger partial charge in [0, 0.05) is 44.1 Å². The second kappa shape index (κ2) is 7.53. The molecule has 154 valence electrons. The van der Waals surface area contributed by atoms with Gasteiger partial charge in [-0.25, -0.2) is 4.52 Å². The Labute approximate surface area is 173 Å². The number of hydrogen-bond acceptors (Lipinski definition) is 5. The molecule has 0 spiro atoms. The molecule has 2 aliphatic heterocycles. The lowest BCUT2D eigenvalue weighted by Gasteiger charge is -2.35. The fourth-order valence-electron chi connectivity index (χ4n) is 4.16. The Kier molecular flexibility index (Phi) is 4.71. The summed E-state index contributed by atoms with van der Waals surface area (Å²) in [7, 11) is 0. The Morgan fingerprint density at radius 3 is 2.53 bits per heavy atom. The fourth-order valence-corrected chi connectivity index (χ4v) is 4.16. The molecule has 0 aliphatic carbocycles. The molecule has 2 saturated heterocycles. The van der Waals surface area contributed by atoms with Crippen LogP contribution in [0, 0.1) is 0 Å². The van der Waals surface area contributed by atoms with Gasteiger partial charge < -0.3 is 14.9 Å². The molecule has 3 aromatic heterocycles. The van der Waals surface area contributed by atoms with Crippen molar-refractivity contribution in [3.63, 3.8) is 0 Å². The topological polar surface area (TPSA) is 91.0 Å². The van der Waals surface area contributed by atoms with Gasteiger partial charge >= 0.3 is 0 Å². The van der Waals surface area contributed by atoms with Crippen LogP contribution in [-0.2, 0) is 0 Å². The van der Waals surface area contributed by atoms with Crippen molar-refractivity contribution in [1.29, 1.82) is 0 Å². The van der Waals surface area contributed by atoms with Crippen LogP contribution >= 0.6 is 0 Å². The molecular weight excluding hydrogens is 382 g/mol. The summed E-state index contributed by atoms with van der Waals surface area (Å²) in [6, 6.07) is 7.45. The van der Waals surface area contributed by atoms with Gasteiger partial charge in [-0.1, -0.05) is 6.07 Å². The van der Waals surface area contributed by atoms with Crippen LogP contribution in [0.15, 0.2) is 42.9 Å². The van der Waals surface area contributed by atoms with Gasteiger partial charge in [0.15, 0.2) is 0 Å². The van der Waals surface area contributed by atoms with Crippen molar-refractivity contribution in [2.24, 2.45) is 0 Å². The Balaban J connectivity index is 1.48. The molecule has 2 amide bonds. The molecule has 2 aliphatic rings. The average molecular weight is 405 g/mol. The summed E-state index contributed by atoms with van der Waals surface area (Å²) >= 11 is 0. The number of piperidine rings is 1. The van der Waals surface area contributed by atoms with E-state index in [0.717, 1.165) is 42.7 Å². The van der Waals surface area contributed by atoms with Crippen LogP contribution in [0.3, 0.4) is 0 Å². The zero-order valence-electron chi connectivity index (χ0n) is 16.6. The van der Waals surface area contributed by atoms with Crippen molar-refractivity contribution in [2.45, 2.75) is 25.4 Å². The molecule has 1 N–H and O–H groups in total. The molecular formula is C22H23N5O3. The summed E-state index contributed by atoms with van der Waals surface area (Å²) in [6.45, 7) is 2.27. The van der Waals surface area contributed by atoms with E-state index in [-0.39, 0.29) is 11.8 Å². The minimum atomic E-state index is -0.446. The predicted molar refractivity (Wildman–Crippen MR) is 110 cm³/mol. The number of hydrogen-bond donors (Lipinski definition) is 1. The number of β-amino-alcohol motifs (C(OH)–C–C–N with tert-alkyl or cyclic N) is 1. The van der Waals surface area contributed by atoms with Crippen LogP contribution in [0.5, 0.6) is 0 Å². The SMILES string of the molecule is O=C(c1cncc(-c2cccc3c(C(=O)N4CCCCC4)cnn23)c1)N1CC(O)C1. The van der Waals surface area contributed by atoms with Crippen molar-refractivity contribution in [3.05, 3.63) is 54.0 Å². The molecule has 0 bridgehead atoms. The van der Waals surface area contributed by atoms with Crippen molar-refractivity contribution >= 4 is 17.3 Å². The van der Waals surface area contributed by atoms with Crippen molar-refractivity contribution in [2.75, 3.05) is 26.2 Å². The maximum atomic E-state index is 13.0. The zero-order valence-corrected chi connectivity index (χ0v) is 16.6. The van der Waals surface area contributed by atoms with Crippen LogP contribution < -0.4 is 0 Å². The van der Waals surface area contributed by atoms with Gasteiger partial charge in [0.05, 0.1) is 34.6 Å². The lowest BCUT2D eigenvalue weighted by Crippen LogP contribution is -2.53. The molecule has 30 heavy (non-hydrogen) atoms. The van der Waals surface area contributed by atoms with E-state index in [1.54, 1.807) is 27.9 Å². The number of aliphatic hydroxyl groups is 1. The molecule has 3 aromatic rings. The second-order valence-electron chi connectivity index (χ2n) is 7.95. The summed E-state index contributed by atoms with van der Waals surface area (Å²) in [5, 5.41) is 13.9. The first-order valence-electron chi connectivity index (χ1n) is 10.3. The van der Waals surface area contributed by atoms with E-state index < -0.39 is 6.10 Å². The minimum Gasteiger partial charge on any atom is -0.389 e. The number of fused-ring (bicyclic) bond motifs is 1. The summed E-state index contributed by atoms with van der Waals surface area (Å²) in [4.78, 5) is 33.3. The number of aromatic nitrogens is 3. The van der Waals surface area contributed by atoms with Crippen LogP contribution in [0.2, 0.25) is 0 Å². The summed E-state index contributed by atoms with van der Waals surface area (Å²) in [5.41, 5.74) is 3.30. The number of rotatable bonds is 3. The summed E-state index contributed by atoms with van der Waals surface area (Å²) in [6.07, 6.45) is 7.64. The number of carbonyl (C=O) groups excluding carboxylic acids is 2. The highest BCUT2D eigenvalue weighted by molar-refractivity contribution is 6.01. The van der Waals surface area contributed by atoms with E-state index >= 15 is 0 Å². The molecule has 0 aromatic carbocycles. The third-order valence-corrected chi connectivity index (χ3v) is 5.85. The van der Waals surface area contributed by atoms with E-state index in [1.165, 1.54) is 12.6 Å². The van der Waals surface area contributed by atoms with Crippen LogP contribution in [0.1, 0.15) is 40.0 Å². The highest BCUT2D eigenvalue weighted by Gasteiger charge is 2.30. The summed E-state index contributed by atoms with van der Waals surface area (Å²) in [5.74, 6) is -0.136. The Bertz CT molecular complexity index is 1110. The van der Waals surface area contributed by atoms with Crippen LogP contribution in [0.25, 0.3) is 16.8 Å². The Hall–Kier alpha value is -3.26. The van der Waals surface area contributed by atoms with Gasteiger partial charge in [0.2, 0.25) is 0 Å². The van der Waals surface area contributed by atoms with E-state index in [2.05, 4.69) is 10.1 Å². The van der Waals surface area contributed by atoms with Crippen LogP contribution in [0.4, 0.5) is 0 Å². The van der Waals surface area contributed by atoms with E-state index in [9.17, 15) is 14.7 Å². The van der Waals surface area contributed by atoms with Crippen LogP contribution in [-0.4, -0.2) is 73.6 Å². The van der Waals surface area contributed by atoms with E-state index in [4.69, 9.17) is 0 Å². The van der Waals surface area contributed by atoms with Gasteiger partial charge in [-0.3, -0.25) is 14.6 Å². The first-order valence-corrected chi connectivity index (χ1v) is 10.3. The maximum Gasteiger partial charge on any atom is 0.257 e. The van der Waals surface area contributed by atoms with E-state index in [1.807, 2.05) is 23.1 Å². The van der Waals surface area contributed by atoms with Crippen molar-refractivity contribution in [3.8, 4) is 11.3 Å². The van der Waals surface area contributed by atoms with Gasteiger partial charge in [-0.05, 0) is 37.5 Å². The number of amides is 2. The third-order valence-electron chi connectivity index (χ3n) is 5.85. The molecule has 5 heterocycles. The maximum absolute atomic E-state index is 13.0. The molecule has 0 saturated carbocycles. The molecule has 0 atom stereocenters. The number of pyridine rings is 2. The Morgan fingerprint density at radius 2 is 1.77 bits per heavy atom. The first-order chi connectivity index (χ1) is 14.6. The fraction of sp³-hybridized carbons (Fsp3) is 0.364. The van der Waals surface area contributed by atoms with E-state index in [0.29, 0.717) is 24.2 Å². The van der Waals surface area contributed by atoms with Gasteiger partial charge in [0.1, 0.15) is 0 Å². The third kappa shape index (κ3) is 3.23. The summed E-state index contributed by atoms with van der Waals surface area (Å²) < 4.78 is 1.73. The highest BCUT2D eigenvalue weighted by Crippen LogP contribution is 2.25. The number of carbonyl (C=O) groups is 2. The number of nitrogens with zero attached hydrogens (tertiary/aromatic N) is 5. The highest BCUT2D eigenvalue weighted by atomic mass is 16.3. The molecule has 2 fully saturated rings. The molecule has 8 nitrogen and oxygen atoms in total. The standard InChI is InChI=1S/C22H23N5O3/c28-17-13-26(14-17)21(29)16-9-15(10-23-11-16)19-5-4-6-20-18(12-24-27(19)20)22(30)25-7-2-1-3-8-25/h4-6,9-12,17,28H,1-3,7-8,13-14H2. The van der Waals surface area contributed by atoms with Gasteiger partial charge in [-0.15, -0.1) is 0 Å². The first kappa shape index (κ1) is 18.7. The van der Waals surface area contributed by atoms with Crippen molar-refractivity contribution < 1.29 is 14.7 Å². The van der Waals surface area contributed by atoms with Crippen molar-refractivity contribution in [1.82, 2.24) is 24.4 Å². The zero-order chi connectivity index (χ0) is 20.7. The average Bonchev–Trinajstić information content (AvgIpc) is 3.21. The lowest BCUT2D eigenvalue weighted by atomic mass is 10.1. The predicted octanol–water partition coefficient (Wildman–Crippen LogP) is 1.84. The molecule has 5 rings (SSSR count). The monoisotopic (exact) mass is 405 g/mol. The second-order valence-corrected chi connectivity index (χ2v) is 7.95. The number of aliphatic hydroxyl groups excluding tert-OH is 1. The minimum absolute atomic E-state index is 0.0141. The van der Waals surface area contributed by atoms with Gasteiger partial charge in [0.25, 0.3) is 11.8 Å². The largest absolute Gasteiger partial charge is 0.389 e. The normalized spacial score (nSPS) is 17.2. The number of likely N-dealkylation sites (tertiary alicyclic amines) is 2. The quantitative estimate of drug-likeness (QED) is 0.718.